The van der Waals surface area contributed by atoms with Crippen LogP contribution in [0.3, 0.4) is 0 Å². The summed E-state index contributed by atoms with van der Waals surface area (Å²) in [5.41, 5.74) is 2.77. The second kappa shape index (κ2) is 12.6. The Morgan fingerprint density at radius 2 is 2.03 bits per heavy atom. The number of hydrogen-bond acceptors (Lipinski definition) is 6. The summed E-state index contributed by atoms with van der Waals surface area (Å²) in [6.45, 7) is 12.3. The Labute approximate surface area is 244 Å². The van der Waals surface area contributed by atoms with Crippen molar-refractivity contribution in [1.29, 1.82) is 0 Å². The van der Waals surface area contributed by atoms with Crippen molar-refractivity contribution in [2.75, 3.05) is 31.2 Å². The lowest BCUT2D eigenvalue weighted by Gasteiger charge is -2.38. The summed E-state index contributed by atoms with van der Waals surface area (Å²) in [6, 6.07) is 5.22. The lowest BCUT2D eigenvalue weighted by atomic mass is 9.71. The summed E-state index contributed by atoms with van der Waals surface area (Å²) in [4.78, 5) is 45.4. The van der Waals surface area contributed by atoms with E-state index in [0.717, 1.165) is 36.1 Å². The van der Waals surface area contributed by atoms with E-state index in [1.807, 2.05) is 38.1 Å². The molecule has 6 atom stereocenters. The summed E-state index contributed by atoms with van der Waals surface area (Å²) in [6.07, 6.45) is 6.98. The number of carbonyl (C=O) groups excluding carboxylic acids is 3. The van der Waals surface area contributed by atoms with Crippen LogP contribution in [-0.2, 0) is 19.1 Å². The molecule has 1 spiro atoms. The Morgan fingerprint density at radius 3 is 2.72 bits per heavy atom. The van der Waals surface area contributed by atoms with Gasteiger partial charge in [0.2, 0.25) is 5.91 Å². The van der Waals surface area contributed by atoms with Crippen LogP contribution in [0, 0.1) is 25.7 Å². The molecule has 3 unspecified atom stereocenters. The maximum absolute atomic E-state index is 14.6. The van der Waals surface area contributed by atoms with Crippen molar-refractivity contribution in [3.8, 4) is 0 Å². The van der Waals surface area contributed by atoms with Gasteiger partial charge in [0.25, 0.3) is 5.91 Å². The van der Waals surface area contributed by atoms with Crippen LogP contribution in [0.1, 0.15) is 43.2 Å². The van der Waals surface area contributed by atoms with E-state index >= 15 is 0 Å². The summed E-state index contributed by atoms with van der Waals surface area (Å²) in [5.74, 6) is -1.99. The molecule has 0 radical (unpaired) electrons. The molecule has 4 rings (SSSR count). The fraction of sp³-hybridized carbons (Fsp3) is 0.567. The van der Waals surface area contributed by atoms with Gasteiger partial charge in [0.05, 0.1) is 23.2 Å². The fourth-order valence-corrected chi connectivity index (χ4v) is 10.0. The number of rotatable bonds is 13. The predicted octanol–water partition coefficient (Wildman–Crippen LogP) is 4.57. The number of halogens is 1. The molecule has 7 nitrogen and oxygen atoms in total. The molecule has 39 heavy (non-hydrogen) atoms. The molecule has 3 aliphatic heterocycles. The van der Waals surface area contributed by atoms with Gasteiger partial charge in [-0.25, -0.2) is 0 Å². The summed E-state index contributed by atoms with van der Waals surface area (Å²) >= 11 is 5.39. The van der Waals surface area contributed by atoms with Crippen molar-refractivity contribution in [1.82, 2.24) is 4.90 Å². The molecule has 3 saturated heterocycles. The van der Waals surface area contributed by atoms with Crippen molar-refractivity contribution < 1.29 is 24.2 Å². The summed E-state index contributed by atoms with van der Waals surface area (Å²) in [5, 5.41) is 9.46. The molecule has 0 aromatic heterocycles. The van der Waals surface area contributed by atoms with Gasteiger partial charge < -0.3 is 19.6 Å². The van der Waals surface area contributed by atoms with Crippen LogP contribution >= 0.6 is 27.7 Å². The van der Waals surface area contributed by atoms with E-state index in [9.17, 15) is 19.5 Å². The van der Waals surface area contributed by atoms with Crippen LogP contribution in [0.25, 0.3) is 0 Å². The van der Waals surface area contributed by atoms with E-state index in [0.29, 0.717) is 26.0 Å². The normalized spacial score (nSPS) is 28.9. The van der Waals surface area contributed by atoms with Crippen molar-refractivity contribution in [2.24, 2.45) is 11.8 Å². The first kappa shape index (κ1) is 29.9. The molecule has 2 amide bonds. The Balaban J connectivity index is 1.70. The third-order valence-corrected chi connectivity index (χ3v) is 11.4. The number of aliphatic hydroxyl groups is 1. The van der Waals surface area contributed by atoms with Crippen LogP contribution < -0.4 is 4.90 Å². The number of fused-ring (bicyclic) bond motifs is 1. The molecule has 3 aliphatic rings. The molecule has 3 fully saturated rings. The van der Waals surface area contributed by atoms with E-state index in [1.54, 1.807) is 27.6 Å². The number of carbonyl (C=O) groups is 3. The number of alkyl halides is 1. The highest BCUT2D eigenvalue weighted by Crippen LogP contribution is 2.68. The molecule has 1 aromatic rings. The summed E-state index contributed by atoms with van der Waals surface area (Å²) < 4.78 is 4.94. The first-order chi connectivity index (χ1) is 18.7. The van der Waals surface area contributed by atoms with Crippen LogP contribution in [0.4, 0.5) is 5.69 Å². The van der Waals surface area contributed by atoms with Gasteiger partial charge in [0.15, 0.2) is 0 Å². The van der Waals surface area contributed by atoms with Gasteiger partial charge in [-0.1, -0.05) is 40.2 Å². The van der Waals surface area contributed by atoms with Gasteiger partial charge >= 0.3 is 5.97 Å². The van der Waals surface area contributed by atoms with Crippen LogP contribution in [0.15, 0.2) is 43.5 Å². The smallest absolute Gasteiger partial charge is 0.310 e. The predicted molar refractivity (Wildman–Crippen MR) is 159 cm³/mol. The molecule has 212 valence electrons. The van der Waals surface area contributed by atoms with E-state index in [4.69, 9.17) is 4.74 Å². The zero-order chi connectivity index (χ0) is 28.3. The van der Waals surface area contributed by atoms with Gasteiger partial charge in [0.1, 0.15) is 6.04 Å². The zero-order valence-corrected chi connectivity index (χ0v) is 25.2. The number of aliphatic hydroxyl groups excluding tert-OH is 1. The number of nitrogens with zero attached hydrogens (tertiary/aromatic N) is 2. The number of likely N-dealkylation sites (tertiary alicyclic amines) is 1. The van der Waals surface area contributed by atoms with Crippen molar-refractivity contribution in [2.45, 2.75) is 66.8 Å². The number of aryl methyl sites for hydroxylation is 2. The minimum Gasteiger partial charge on any atom is -0.465 e. The number of unbranched alkanes of at least 4 members (excludes halogenated alkanes) is 2. The molecular weight excluding hydrogens is 580 g/mol. The highest BCUT2D eigenvalue weighted by molar-refractivity contribution is 9.09. The maximum atomic E-state index is 14.6. The minimum absolute atomic E-state index is 0.0217. The molecule has 3 heterocycles. The lowest BCUT2D eigenvalue weighted by Crippen LogP contribution is -2.55. The zero-order valence-electron chi connectivity index (χ0n) is 22.8. The minimum atomic E-state index is -0.762. The van der Waals surface area contributed by atoms with E-state index in [2.05, 4.69) is 29.1 Å². The average Bonchev–Trinajstić information content (AvgIpc) is 3.50. The first-order valence-corrected chi connectivity index (χ1v) is 15.5. The standard InChI is InChI=1S/C30H39BrN2O5S/c1-5-7-8-9-16-38-29(37)23-24-27(35)33(14-10-15-34)26(30(24)18-21(31)25(23)39-30)28(36)32(13-6-2)22-17-19(3)11-12-20(22)4/h5-6,11-12,17,21,23-26,34H,1-2,7-10,13-16,18H2,3-4H3/t21?,23-,24-,25-,26?,30?/m0/s1. The number of amides is 2. The Morgan fingerprint density at radius 1 is 1.26 bits per heavy atom. The molecule has 1 N–H and O–H groups in total. The van der Waals surface area contributed by atoms with E-state index in [-0.39, 0.29) is 41.0 Å². The Bertz CT molecular complexity index is 1130. The van der Waals surface area contributed by atoms with Gasteiger partial charge in [-0.3, -0.25) is 14.4 Å². The number of allylic oxidation sites excluding steroid dienone is 1. The van der Waals surface area contributed by atoms with E-state index in [1.165, 1.54) is 0 Å². The van der Waals surface area contributed by atoms with Crippen molar-refractivity contribution >= 4 is 51.2 Å². The van der Waals surface area contributed by atoms with Gasteiger partial charge in [-0.05, 0) is 63.1 Å². The molecule has 9 heteroatoms. The highest BCUT2D eigenvalue weighted by Gasteiger charge is 2.76. The second-order valence-corrected chi connectivity index (χ2v) is 13.5. The van der Waals surface area contributed by atoms with Crippen LogP contribution in [0.2, 0.25) is 0 Å². The first-order valence-electron chi connectivity index (χ1n) is 13.7. The Hall–Kier alpha value is -2.10. The SMILES string of the molecule is C=CCCCCOC(=O)[C@H]1[C@H]2C(=O)N(CCCO)C(C(=O)N(CC=C)c3cc(C)ccc3C)C23CC(Br)[C@@H]1S3. The lowest BCUT2D eigenvalue weighted by molar-refractivity contribution is -0.154. The number of esters is 1. The van der Waals surface area contributed by atoms with Gasteiger partial charge in [-0.2, -0.15) is 0 Å². The third kappa shape index (κ3) is 5.46. The van der Waals surface area contributed by atoms with E-state index < -0.39 is 22.6 Å². The van der Waals surface area contributed by atoms with Gasteiger partial charge in [0, 0.05) is 35.5 Å². The Kier molecular flexibility index (Phi) is 9.65. The quantitative estimate of drug-likeness (QED) is 0.151. The fourth-order valence-electron chi connectivity index (χ4n) is 6.41. The largest absolute Gasteiger partial charge is 0.465 e. The highest BCUT2D eigenvalue weighted by atomic mass is 79.9. The number of benzene rings is 1. The number of ether oxygens (including phenoxy) is 1. The molecule has 0 saturated carbocycles. The third-order valence-electron chi connectivity index (χ3n) is 8.13. The molecule has 2 bridgehead atoms. The van der Waals surface area contributed by atoms with Crippen molar-refractivity contribution in [3.05, 3.63) is 54.6 Å². The van der Waals surface area contributed by atoms with Crippen molar-refractivity contribution in [3.63, 3.8) is 0 Å². The number of hydrogen-bond donors (Lipinski definition) is 1. The number of thioether (sulfide) groups is 1. The number of anilines is 1. The maximum Gasteiger partial charge on any atom is 0.310 e. The van der Waals surface area contributed by atoms with Crippen LogP contribution in [0.5, 0.6) is 0 Å². The topological polar surface area (TPSA) is 87.1 Å². The molecular formula is C30H39BrN2O5S. The van der Waals surface area contributed by atoms with Gasteiger partial charge in [-0.15, -0.1) is 24.9 Å². The monoisotopic (exact) mass is 618 g/mol. The molecule has 1 aromatic carbocycles. The summed E-state index contributed by atoms with van der Waals surface area (Å²) in [7, 11) is 0. The average molecular weight is 620 g/mol. The second-order valence-electron chi connectivity index (χ2n) is 10.8. The van der Waals surface area contributed by atoms with Crippen LogP contribution in [-0.4, -0.2) is 75.0 Å². The molecule has 0 aliphatic carbocycles.